The standard InChI is InChI=1S/C22H17BrN4/c1-26-21-9-7-16(11-18(21)19-12-17(23)8-10-22(19)26)20-14-27(25-24-20)13-15-5-3-2-4-6-15/h2-12,14H,13H2,1H3. The van der Waals surface area contributed by atoms with Gasteiger partial charge in [-0.2, -0.15) is 0 Å². The van der Waals surface area contributed by atoms with E-state index in [1.54, 1.807) is 0 Å². The van der Waals surface area contributed by atoms with Crippen LogP contribution in [0.3, 0.4) is 0 Å². The first-order chi connectivity index (χ1) is 13.2. The molecule has 0 fully saturated rings. The van der Waals surface area contributed by atoms with Gasteiger partial charge in [0.05, 0.1) is 12.7 Å². The average Bonchev–Trinajstić information content (AvgIpc) is 3.26. The van der Waals surface area contributed by atoms with Crippen LogP contribution in [-0.2, 0) is 13.6 Å². The molecule has 0 bridgehead atoms. The van der Waals surface area contributed by atoms with E-state index in [1.165, 1.54) is 27.4 Å². The van der Waals surface area contributed by atoms with E-state index in [2.05, 4.69) is 86.4 Å². The van der Waals surface area contributed by atoms with Gasteiger partial charge >= 0.3 is 0 Å². The number of hydrogen-bond acceptors (Lipinski definition) is 2. The van der Waals surface area contributed by atoms with Crippen LogP contribution in [0.5, 0.6) is 0 Å². The van der Waals surface area contributed by atoms with Crippen LogP contribution in [0.15, 0.2) is 77.4 Å². The topological polar surface area (TPSA) is 35.6 Å². The molecule has 0 saturated carbocycles. The fourth-order valence-electron chi connectivity index (χ4n) is 3.63. The highest BCUT2D eigenvalue weighted by atomic mass is 79.9. The van der Waals surface area contributed by atoms with E-state index in [1.807, 2.05) is 29.1 Å². The summed E-state index contributed by atoms with van der Waals surface area (Å²) in [4.78, 5) is 0. The van der Waals surface area contributed by atoms with Gasteiger partial charge in [0, 0.05) is 38.9 Å². The van der Waals surface area contributed by atoms with Crippen LogP contribution in [0.4, 0.5) is 0 Å². The third kappa shape index (κ3) is 2.84. The van der Waals surface area contributed by atoms with E-state index in [-0.39, 0.29) is 0 Å². The van der Waals surface area contributed by atoms with Crippen LogP contribution in [-0.4, -0.2) is 19.6 Å². The summed E-state index contributed by atoms with van der Waals surface area (Å²) >= 11 is 3.59. The quantitative estimate of drug-likeness (QED) is 0.394. The molecular formula is C22H17BrN4. The molecule has 132 valence electrons. The Kier molecular flexibility index (Phi) is 3.83. The molecule has 5 aromatic rings. The molecule has 0 unspecified atom stereocenters. The number of hydrogen-bond donors (Lipinski definition) is 0. The Morgan fingerprint density at radius 1 is 0.889 bits per heavy atom. The van der Waals surface area contributed by atoms with Gasteiger partial charge in [0.2, 0.25) is 0 Å². The van der Waals surface area contributed by atoms with Crippen molar-refractivity contribution in [3.05, 3.63) is 83.0 Å². The van der Waals surface area contributed by atoms with Crippen molar-refractivity contribution in [3.8, 4) is 11.3 Å². The fourth-order valence-corrected chi connectivity index (χ4v) is 3.99. The number of benzene rings is 3. The van der Waals surface area contributed by atoms with E-state index in [0.29, 0.717) is 0 Å². The number of nitrogens with zero attached hydrogens (tertiary/aromatic N) is 4. The maximum absolute atomic E-state index is 4.39. The second-order valence-electron chi connectivity index (χ2n) is 6.74. The van der Waals surface area contributed by atoms with E-state index in [0.717, 1.165) is 22.3 Å². The number of aryl methyl sites for hydroxylation is 1. The van der Waals surface area contributed by atoms with Crippen molar-refractivity contribution < 1.29 is 0 Å². The van der Waals surface area contributed by atoms with E-state index < -0.39 is 0 Å². The molecule has 0 aliphatic heterocycles. The minimum absolute atomic E-state index is 0.720. The SMILES string of the molecule is Cn1c2ccc(Br)cc2c2cc(-c3cn(Cc4ccccc4)nn3)ccc21. The smallest absolute Gasteiger partial charge is 0.113 e. The van der Waals surface area contributed by atoms with Crippen LogP contribution < -0.4 is 0 Å². The Morgan fingerprint density at radius 3 is 2.44 bits per heavy atom. The lowest BCUT2D eigenvalue weighted by Crippen LogP contribution is -1.99. The highest BCUT2D eigenvalue weighted by molar-refractivity contribution is 9.10. The molecule has 5 rings (SSSR count). The van der Waals surface area contributed by atoms with Gasteiger partial charge in [-0.15, -0.1) is 5.10 Å². The number of aromatic nitrogens is 4. The molecule has 0 radical (unpaired) electrons. The molecule has 0 amide bonds. The summed E-state index contributed by atoms with van der Waals surface area (Å²) in [6, 6.07) is 23.2. The molecule has 0 spiro atoms. The van der Waals surface area contributed by atoms with Crippen LogP contribution >= 0.6 is 15.9 Å². The van der Waals surface area contributed by atoms with Crippen molar-refractivity contribution in [2.24, 2.45) is 7.05 Å². The Hall–Kier alpha value is -2.92. The molecular weight excluding hydrogens is 400 g/mol. The summed E-state index contributed by atoms with van der Waals surface area (Å²) in [6.07, 6.45) is 2.01. The molecule has 0 aliphatic carbocycles. The summed E-state index contributed by atoms with van der Waals surface area (Å²) in [5.74, 6) is 0. The van der Waals surface area contributed by atoms with Gasteiger partial charge < -0.3 is 4.57 Å². The summed E-state index contributed by atoms with van der Waals surface area (Å²) < 4.78 is 5.20. The van der Waals surface area contributed by atoms with Crippen molar-refractivity contribution in [2.45, 2.75) is 6.54 Å². The zero-order chi connectivity index (χ0) is 18.4. The maximum atomic E-state index is 4.39. The van der Waals surface area contributed by atoms with E-state index in [9.17, 15) is 0 Å². The second kappa shape index (κ2) is 6.35. The first kappa shape index (κ1) is 16.3. The predicted molar refractivity (Wildman–Crippen MR) is 113 cm³/mol. The molecule has 4 nitrogen and oxygen atoms in total. The largest absolute Gasteiger partial charge is 0.344 e. The number of rotatable bonds is 3. The van der Waals surface area contributed by atoms with Crippen molar-refractivity contribution in [1.82, 2.24) is 19.6 Å². The summed E-state index contributed by atoms with van der Waals surface area (Å²) in [5, 5.41) is 11.2. The first-order valence-electron chi connectivity index (χ1n) is 8.81. The lowest BCUT2D eigenvalue weighted by atomic mass is 10.1. The normalized spacial score (nSPS) is 11.5. The molecule has 3 aromatic carbocycles. The summed E-state index contributed by atoms with van der Waals surface area (Å²) in [7, 11) is 2.11. The highest BCUT2D eigenvalue weighted by Crippen LogP contribution is 2.33. The van der Waals surface area contributed by atoms with Crippen molar-refractivity contribution in [1.29, 1.82) is 0 Å². The van der Waals surface area contributed by atoms with Gasteiger partial charge in [-0.25, -0.2) is 4.68 Å². The van der Waals surface area contributed by atoms with Crippen LogP contribution in [0.1, 0.15) is 5.56 Å². The lowest BCUT2D eigenvalue weighted by molar-refractivity contribution is 0.650. The molecule has 0 atom stereocenters. The monoisotopic (exact) mass is 416 g/mol. The number of halogens is 1. The third-order valence-corrected chi connectivity index (χ3v) is 5.48. The van der Waals surface area contributed by atoms with Crippen LogP contribution in [0.2, 0.25) is 0 Å². The maximum Gasteiger partial charge on any atom is 0.113 e. The number of fused-ring (bicyclic) bond motifs is 3. The van der Waals surface area contributed by atoms with Crippen molar-refractivity contribution in [3.63, 3.8) is 0 Å². The molecule has 5 heteroatoms. The Balaban J connectivity index is 1.57. The van der Waals surface area contributed by atoms with Gasteiger partial charge in [0.25, 0.3) is 0 Å². The van der Waals surface area contributed by atoms with Gasteiger partial charge in [-0.1, -0.05) is 57.5 Å². The van der Waals surface area contributed by atoms with E-state index in [4.69, 9.17) is 0 Å². The van der Waals surface area contributed by atoms with E-state index >= 15 is 0 Å². The zero-order valence-electron chi connectivity index (χ0n) is 14.8. The summed E-state index contributed by atoms with van der Waals surface area (Å²) in [6.45, 7) is 0.720. The molecule has 2 heterocycles. The molecule has 0 aliphatic rings. The molecule has 27 heavy (non-hydrogen) atoms. The molecule has 2 aromatic heterocycles. The Labute approximate surface area is 165 Å². The highest BCUT2D eigenvalue weighted by Gasteiger charge is 2.11. The average molecular weight is 417 g/mol. The Bertz CT molecular complexity index is 1270. The van der Waals surface area contributed by atoms with Crippen LogP contribution in [0, 0.1) is 0 Å². The lowest BCUT2D eigenvalue weighted by Gasteiger charge is -2.00. The van der Waals surface area contributed by atoms with Gasteiger partial charge in [0.15, 0.2) is 0 Å². The van der Waals surface area contributed by atoms with Crippen molar-refractivity contribution >= 4 is 37.7 Å². The Morgan fingerprint density at radius 2 is 1.63 bits per heavy atom. The summed E-state index contributed by atoms with van der Waals surface area (Å²) in [5.41, 5.74) is 5.61. The first-order valence-corrected chi connectivity index (χ1v) is 9.60. The molecule has 0 N–H and O–H groups in total. The minimum Gasteiger partial charge on any atom is -0.344 e. The molecule has 0 saturated heterocycles. The fraction of sp³-hybridized carbons (Fsp3) is 0.0909. The second-order valence-corrected chi connectivity index (χ2v) is 7.66. The van der Waals surface area contributed by atoms with Crippen molar-refractivity contribution in [2.75, 3.05) is 0 Å². The predicted octanol–water partition coefficient (Wildman–Crippen LogP) is 5.40. The van der Waals surface area contributed by atoms with Gasteiger partial charge in [0.1, 0.15) is 5.69 Å². The zero-order valence-corrected chi connectivity index (χ0v) is 16.4. The van der Waals surface area contributed by atoms with Gasteiger partial charge in [-0.05, 0) is 35.9 Å². The van der Waals surface area contributed by atoms with Crippen LogP contribution in [0.25, 0.3) is 33.1 Å². The third-order valence-electron chi connectivity index (χ3n) is 4.99. The van der Waals surface area contributed by atoms with Gasteiger partial charge in [-0.3, -0.25) is 0 Å². The minimum atomic E-state index is 0.720.